The van der Waals surface area contributed by atoms with E-state index in [4.69, 9.17) is 10.2 Å². The Hall–Kier alpha value is -1.87. The molecular weight excluding hydrogens is 270 g/mol. The molecular formula is C10H15N5O3S. The number of sulfonamides is 1. The summed E-state index contributed by atoms with van der Waals surface area (Å²) in [6, 6.07) is 0. The van der Waals surface area contributed by atoms with Gasteiger partial charge in [0, 0.05) is 7.05 Å². The molecule has 0 amide bonds. The number of nitrogens with one attached hydrogen (secondary N) is 1. The topological polar surface area (TPSA) is 116 Å². The highest BCUT2D eigenvalue weighted by atomic mass is 32.2. The van der Waals surface area contributed by atoms with Crippen LogP contribution in [0.25, 0.3) is 0 Å². The van der Waals surface area contributed by atoms with E-state index >= 15 is 0 Å². The predicted octanol–water partition coefficient (Wildman–Crippen LogP) is 0.0856. The van der Waals surface area contributed by atoms with Crippen molar-refractivity contribution in [1.82, 2.24) is 19.5 Å². The molecule has 0 aliphatic heterocycles. The summed E-state index contributed by atoms with van der Waals surface area (Å²) in [6.45, 7) is 3.32. The van der Waals surface area contributed by atoms with Gasteiger partial charge in [-0.1, -0.05) is 0 Å². The molecule has 0 aliphatic rings. The Labute approximate surface area is 110 Å². The predicted molar refractivity (Wildman–Crippen MR) is 67.6 cm³/mol. The quantitative estimate of drug-likeness (QED) is 0.822. The van der Waals surface area contributed by atoms with E-state index < -0.39 is 10.0 Å². The molecule has 0 saturated carbocycles. The Morgan fingerprint density at radius 1 is 1.47 bits per heavy atom. The van der Waals surface area contributed by atoms with Crippen LogP contribution < -0.4 is 10.5 Å². The van der Waals surface area contributed by atoms with Crippen LogP contribution in [0.2, 0.25) is 0 Å². The Kier molecular flexibility index (Phi) is 3.33. The average molecular weight is 285 g/mol. The number of nitrogens with two attached hydrogens (primary N) is 1. The summed E-state index contributed by atoms with van der Waals surface area (Å²) in [5, 5.41) is 3.87. The molecule has 0 atom stereocenters. The second-order valence-electron chi connectivity index (χ2n) is 4.11. The van der Waals surface area contributed by atoms with E-state index in [0.29, 0.717) is 17.3 Å². The number of aryl methyl sites for hydroxylation is 2. The van der Waals surface area contributed by atoms with Gasteiger partial charge in [0.05, 0.1) is 18.4 Å². The molecule has 0 unspecified atom stereocenters. The molecule has 2 rings (SSSR count). The van der Waals surface area contributed by atoms with E-state index in [1.807, 2.05) is 0 Å². The van der Waals surface area contributed by atoms with Gasteiger partial charge in [-0.25, -0.2) is 18.1 Å². The average Bonchev–Trinajstić information content (AvgIpc) is 2.82. The number of nitrogens with zero attached hydrogens (tertiary/aromatic N) is 3. The van der Waals surface area contributed by atoms with Gasteiger partial charge in [-0.3, -0.25) is 4.68 Å². The molecule has 9 heteroatoms. The van der Waals surface area contributed by atoms with Crippen molar-refractivity contribution in [2.75, 3.05) is 5.73 Å². The van der Waals surface area contributed by atoms with Crippen molar-refractivity contribution < 1.29 is 12.8 Å². The molecule has 0 radical (unpaired) electrons. The molecule has 0 aliphatic carbocycles. The zero-order chi connectivity index (χ0) is 14.2. The minimum absolute atomic E-state index is 0.0155. The first-order valence-electron chi connectivity index (χ1n) is 5.51. The van der Waals surface area contributed by atoms with E-state index in [-0.39, 0.29) is 17.3 Å². The third-order valence-corrected chi connectivity index (χ3v) is 4.22. The maximum Gasteiger partial charge on any atom is 0.246 e. The van der Waals surface area contributed by atoms with Crippen molar-refractivity contribution in [1.29, 1.82) is 0 Å². The Balaban J connectivity index is 2.23. The van der Waals surface area contributed by atoms with Crippen LogP contribution in [0.3, 0.4) is 0 Å². The summed E-state index contributed by atoms with van der Waals surface area (Å²) in [4.78, 5) is 3.90. The van der Waals surface area contributed by atoms with E-state index in [0.717, 1.165) is 0 Å². The normalized spacial score (nSPS) is 11.9. The molecule has 19 heavy (non-hydrogen) atoms. The van der Waals surface area contributed by atoms with Gasteiger partial charge in [0.15, 0.2) is 5.82 Å². The second kappa shape index (κ2) is 4.67. The number of hydrogen-bond acceptors (Lipinski definition) is 6. The molecule has 0 spiro atoms. The molecule has 2 aromatic rings. The van der Waals surface area contributed by atoms with Gasteiger partial charge < -0.3 is 10.2 Å². The summed E-state index contributed by atoms with van der Waals surface area (Å²) in [5.41, 5.74) is 6.08. The fourth-order valence-electron chi connectivity index (χ4n) is 1.66. The minimum atomic E-state index is -3.75. The summed E-state index contributed by atoms with van der Waals surface area (Å²) >= 11 is 0. The van der Waals surface area contributed by atoms with Crippen molar-refractivity contribution in [2.24, 2.45) is 7.05 Å². The monoisotopic (exact) mass is 285 g/mol. The van der Waals surface area contributed by atoms with Crippen molar-refractivity contribution in [3.63, 3.8) is 0 Å². The van der Waals surface area contributed by atoms with Gasteiger partial charge in [-0.2, -0.15) is 5.10 Å². The zero-order valence-corrected chi connectivity index (χ0v) is 11.7. The lowest BCUT2D eigenvalue weighted by Gasteiger charge is -2.04. The highest BCUT2D eigenvalue weighted by molar-refractivity contribution is 7.89. The van der Waals surface area contributed by atoms with Gasteiger partial charge in [0.1, 0.15) is 10.7 Å². The smallest absolute Gasteiger partial charge is 0.246 e. The first-order valence-corrected chi connectivity index (χ1v) is 6.99. The summed E-state index contributed by atoms with van der Waals surface area (Å²) in [7, 11) is -2.12. The summed E-state index contributed by atoms with van der Waals surface area (Å²) in [6.07, 6.45) is 1.52. The van der Waals surface area contributed by atoms with E-state index in [1.54, 1.807) is 20.9 Å². The fourth-order valence-corrected chi connectivity index (χ4v) is 2.95. The third-order valence-electron chi connectivity index (χ3n) is 2.66. The van der Waals surface area contributed by atoms with Crippen molar-refractivity contribution in [2.45, 2.75) is 25.3 Å². The molecule has 0 saturated heterocycles. The zero-order valence-electron chi connectivity index (χ0n) is 10.8. The molecule has 104 valence electrons. The number of aromatic nitrogens is 3. The van der Waals surface area contributed by atoms with Gasteiger partial charge in [0.2, 0.25) is 15.9 Å². The highest BCUT2D eigenvalue weighted by Crippen LogP contribution is 2.21. The molecule has 2 aromatic heterocycles. The van der Waals surface area contributed by atoms with Gasteiger partial charge in [-0.05, 0) is 13.8 Å². The van der Waals surface area contributed by atoms with Crippen LogP contribution >= 0.6 is 0 Å². The summed E-state index contributed by atoms with van der Waals surface area (Å²) in [5.74, 6) is 0.878. The van der Waals surface area contributed by atoms with Crippen LogP contribution in [0.5, 0.6) is 0 Å². The summed E-state index contributed by atoms with van der Waals surface area (Å²) < 4.78 is 33.3. The van der Waals surface area contributed by atoms with Crippen LogP contribution in [0.15, 0.2) is 15.5 Å². The second-order valence-corrected chi connectivity index (χ2v) is 5.82. The van der Waals surface area contributed by atoms with Gasteiger partial charge in [-0.15, -0.1) is 0 Å². The molecule has 2 heterocycles. The number of hydrogen-bond donors (Lipinski definition) is 2. The Morgan fingerprint density at radius 3 is 2.63 bits per heavy atom. The Bertz CT molecular complexity index is 701. The maximum absolute atomic E-state index is 12.2. The Morgan fingerprint density at radius 2 is 2.16 bits per heavy atom. The minimum Gasteiger partial charge on any atom is -0.445 e. The molecule has 3 N–H and O–H groups in total. The number of oxazole rings is 1. The number of rotatable bonds is 4. The van der Waals surface area contributed by atoms with E-state index in [9.17, 15) is 8.42 Å². The molecule has 8 nitrogen and oxygen atoms in total. The first-order chi connectivity index (χ1) is 8.81. The SMILES string of the molecule is Cc1cnc(CNS(=O)(=O)c2c(N)nn(C)c2C)o1. The van der Waals surface area contributed by atoms with Crippen LogP contribution in [0.1, 0.15) is 17.3 Å². The fraction of sp³-hybridized carbons (Fsp3) is 0.400. The van der Waals surface area contributed by atoms with E-state index in [2.05, 4.69) is 14.8 Å². The van der Waals surface area contributed by atoms with Crippen LogP contribution in [-0.2, 0) is 23.6 Å². The lowest BCUT2D eigenvalue weighted by atomic mass is 10.5. The van der Waals surface area contributed by atoms with Crippen molar-refractivity contribution in [3.05, 3.63) is 23.5 Å². The van der Waals surface area contributed by atoms with E-state index in [1.165, 1.54) is 10.9 Å². The van der Waals surface area contributed by atoms with Crippen LogP contribution in [0, 0.1) is 13.8 Å². The third kappa shape index (κ3) is 2.61. The van der Waals surface area contributed by atoms with Crippen LogP contribution in [0.4, 0.5) is 5.82 Å². The lowest BCUT2D eigenvalue weighted by Crippen LogP contribution is -2.24. The number of nitrogen functional groups attached to an aromatic ring is 1. The van der Waals surface area contributed by atoms with Gasteiger partial charge in [0.25, 0.3) is 0 Å². The molecule has 0 aromatic carbocycles. The largest absolute Gasteiger partial charge is 0.445 e. The molecule has 0 bridgehead atoms. The van der Waals surface area contributed by atoms with Crippen LogP contribution in [-0.4, -0.2) is 23.2 Å². The standard InChI is InChI=1S/C10H15N5O3S/c1-6-4-12-8(18-6)5-13-19(16,17)9-7(2)15(3)14-10(9)11/h4,13H,5H2,1-3H3,(H2,11,14). The highest BCUT2D eigenvalue weighted by Gasteiger charge is 2.24. The van der Waals surface area contributed by atoms with Gasteiger partial charge >= 0.3 is 0 Å². The lowest BCUT2D eigenvalue weighted by molar-refractivity contribution is 0.463. The number of anilines is 1. The molecule has 0 fully saturated rings. The maximum atomic E-state index is 12.2. The van der Waals surface area contributed by atoms with Crippen molar-refractivity contribution >= 4 is 15.8 Å². The van der Waals surface area contributed by atoms with Crippen molar-refractivity contribution in [3.8, 4) is 0 Å². The first kappa shape index (κ1) is 13.6.